The molecule has 1 saturated heterocycles. The molecule has 0 saturated carbocycles. The van der Waals surface area contributed by atoms with E-state index in [0.717, 1.165) is 25.6 Å². The van der Waals surface area contributed by atoms with Gasteiger partial charge >= 0.3 is 12.3 Å². The predicted molar refractivity (Wildman–Crippen MR) is 118 cm³/mol. The largest absolute Gasteiger partial charge is 0.453 e. The van der Waals surface area contributed by atoms with Crippen molar-refractivity contribution in [3.05, 3.63) is 34.6 Å². The third-order valence-electron chi connectivity index (χ3n) is 5.23. The van der Waals surface area contributed by atoms with Gasteiger partial charge in [0.2, 0.25) is 5.95 Å². The maximum atomic E-state index is 13.7. The molecule has 0 bridgehead atoms. The molecule has 3 aromatic rings. The number of nitrogens with one attached hydrogen (secondary N) is 4. The van der Waals surface area contributed by atoms with Crippen molar-refractivity contribution in [1.29, 1.82) is 0 Å². The Morgan fingerprint density at radius 2 is 2.19 bits per heavy atom. The third kappa shape index (κ3) is 4.51. The molecule has 4 N–H and O–H groups in total. The normalized spacial score (nSPS) is 16.3. The van der Waals surface area contributed by atoms with Crippen LogP contribution in [-0.2, 0) is 10.9 Å². The molecule has 1 aliphatic rings. The average molecular weight is 513 g/mol. The van der Waals surface area contributed by atoms with Crippen LogP contribution in [0.2, 0.25) is 0 Å². The standard InChI is InChI=1S/C20H20BrF3N6O2/c1-32-19(31)29-14-5-4-11-12(8-26-17(11)15(14)21)16-13(20(22,23)24)9-28-18(30-16)27-7-10-3-2-6-25-10/h4-5,8-10,25-26H,2-3,6-7H2,1H3,(H,29,31)(H,27,28,30)/t10-/m0/s1. The molecule has 3 heterocycles. The van der Waals surface area contributed by atoms with Crippen molar-refractivity contribution in [3.8, 4) is 11.3 Å². The zero-order chi connectivity index (χ0) is 22.9. The number of amides is 1. The van der Waals surface area contributed by atoms with E-state index in [4.69, 9.17) is 0 Å². The molecule has 1 fully saturated rings. The van der Waals surface area contributed by atoms with Gasteiger partial charge in [0.25, 0.3) is 0 Å². The molecule has 4 rings (SSSR count). The minimum absolute atomic E-state index is 0.124. The summed E-state index contributed by atoms with van der Waals surface area (Å²) in [6, 6.07) is 3.41. The second-order valence-electron chi connectivity index (χ2n) is 7.30. The van der Waals surface area contributed by atoms with Gasteiger partial charge in [0.1, 0.15) is 5.56 Å². The molecular weight excluding hydrogens is 493 g/mol. The number of aromatic amines is 1. The second kappa shape index (κ2) is 8.94. The molecule has 1 atom stereocenters. The molecule has 170 valence electrons. The molecule has 0 spiro atoms. The second-order valence-corrected chi connectivity index (χ2v) is 8.09. The quantitative estimate of drug-likeness (QED) is 0.393. The lowest BCUT2D eigenvalue weighted by molar-refractivity contribution is -0.137. The highest BCUT2D eigenvalue weighted by molar-refractivity contribution is 9.10. The van der Waals surface area contributed by atoms with Gasteiger partial charge in [0.15, 0.2) is 0 Å². The van der Waals surface area contributed by atoms with Gasteiger partial charge in [-0.2, -0.15) is 13.2 Å². The van der Waals surface area contributed by atoms with Crippen LogP contribution in [0.4, 0.5) is 29.6 Å². The van der Waals surface area contributed by atoms with E-state index in [0.29, 0.717) is 27.6 Å². The first-order valence-electron chi connectivity index (χ1n) is 9.84. The number of alkyl halides is 3. The summed E-state index contributed by atoms with van der Waals surface area (Å²) < 4.78 is 46.3. The van der Waals surface area contributed by atoms with Crippen molar-refractivity contribution in [2.75, 3.05) is 30.8 Å². The van der Waals surface area contributed by atoms with Crippen LogP contribution in [0.25, 0.3) is 22.2 Å². The number of nitrogens with zero attached hydrogens (tertiary/aromatic N) is 2. The summed E-state index contributed by atoms with van der Waals surface area (Å²) in [6.45, 7) is 1.44. The highest BCUT2D eigenvalue weighted by Gasteiger charge is 2.36. The molecule has 12 heteroatoms. The molecule has 32 heavy (non-hydrogen) atoms. The van der Waals surface area contributed by atoms with Crippen LogP contribution in [-0.4, -0.2) is 47.3 Å². The summed E-state index contributed by atoms with van der Waals surface area (Å²) in [5, 5.41) is 9.38. The topological polar surface area (TPSA) is 104 Å². The van der Waals surface area contributed by atoms with Gasteiger partial charge in [0, 0.05) is 35.9 Å². The third-order valence-corrected chi connectivity index (χ3v) is 6.06. The number of hydrogen-bond donors (Lipinski definition) is 4. The van der Waals surface area contributed by atoms with Crippen LogP contribution in [0.3, 0.4) is 0 Å². The lowest BCUT2D eigenvalue weighted by Crippen LogP contribution is -2.29. The van der Waals surface area contributed by atoms with Gasteiger partial charge in [-0.3, -0.25) is 5.32 Å². The van der Waals surface area contributed by atoms with Crippen molar-refractivity contribution >= 4 is 44.6 Å². The Kier molecular flexibility index (Phi) is 6.24. The fraction of sp³-hybridized carbons (Fsp3) is 0.350. The Morgan fingerprint density at radius 3 is 2.88 bits per heavy atom. The first kappa shape index (κ1) is 22.3. The number of H-pyrrole nitrogens is 1. The van der Waals surface area contributed by atoms with Crippen molar-refractivity contribution in [1.82, 2.24) is 20.3 Å². The Balaban J connectivity index is 1.74. The van der Waals surface area contributed by atoms with Gasteiger partial charge < -0.3 is 20.4 Å². The van der Waals surface area contributed by atoms with E-state index in [1.54, 1.807) is 12.1 Å². The number of hydrogen-bond acceptors (Lipinski definition) is 6. The Bertz CT molecular complexity index is 1140. The van der Waals surface area contributed by atoms with E-state index in [-0.39, 0.29) is 23.2 Å². The Morgan fingerprint density at radius 1 is 1.38 bits per heavy atom. The first-order chi connectivity index (χ1) is 15.3. The van der Waals surface area contributed by atoms with Gasteiger partial charge in [-0.25, -0.2) is 14.8 Å². The zero-order valence-electron chi connectivity index (χ0n) is 16.9. The van der Waals surface area contributed by atoms with Crippen LogP contribution < -0.4 is 16.0 Å². The summed E-state index contributed by atoms with van der Waals surface area (Å²) in [6.07, 6.45) is -1.000. The minimum atomic E-state index is -4.63. The highest BCUT2D eigenvalue weighted by atomic mass is 79.9. The summed E-state index contributed by atoms with van der Waals surface area (Å²) in [5.41, 5.74) is 0.00678. The van der Waals surface area contributed by atoms with E-state index in [9.17, 15) is 18.0 Å². The molecule has 0 unspecified atom stereocenters. The van der Waals surface area contributed by atoms with Crippen molar-refractivity contribution in [2.45, 2.75) is 25.1 Å². The smallest absolute Gasteiger partial charge is 0.419 e. The van der Waals surface area contributed by atoms with Crippen LogP contribution in [0.5, 0.6) is 0 Å². The molecule has 1 aliphatic heterocycles. The molecular formula is C20H20BrF3N6O2. The summed E-state index contributed by atoms with van der Waals surface area (Å²) in [5.74, 6) is 0.124. The first-order valence-corrected chi connectivity index (χ1v) is 10.6. The lowest BCUT2D eigenvalue weighted by atomic mass is 10.1. The molecule has 2 aromatic heterocycles. The van der Waals surface area contributed by atoms with Crippen molar-refractivity contribution in [2.24, 2.45) is 0 Å². The number of halogens is 4. The van der Waals surface area contributed by atoms with Gasteiger partial charge in [-0.1, -0.05) is 6.07 Å². The number of methoxy groups -OCH3 is 1. The predicted octanol–water partition coefficient (Wildman–Crippen LogP) is 4.75. The highest BCUT2D eigenvalue weighted by Crippen LogP contribution is 2.41. The van der Waals surface area contributed by atoms with E-state index < -0.39 is 17.8 Å². The Labute approximate surface area is 189 Å². The monoisotopic (exact) mass is 512 g/mol. The van der Waals surface area contributed by atoms with Crippen molar-refractivity contribution in [3.63, 3.8) is 0 Å². The molecule has 1 amide bonds. The number of fused-ring (bicyclic) bond motifs is 1. The number of anilines is 2. The van der Waals surface area contributed by atoms with Crippen molar-refractivity contribution < 1.29 is 22.7 Å². The van der Waals surface area contributed by atoms with Gasteiger partial charge in [-0.15, -0.1) is 0 Å². The van der Waals surface area contributed by atoms with Crippen LogP contribution in [0, 0.1) is 0 Å². The zero-order valence-corrected chi connectivity index (χ0v) is 18.5. The fourth-order valence-electron chi connectivity index (χ4n) is 3.64. The van der Waals surface area contributed by atoms with Gasteiger partial charge in [0.05, 0.1) is 28.5 Å². The number of carbonyl (C=O) groups excluding carboxylic acids is 1. The molecule has 8 nitrogen and oxygen atoms in total. The number of carbonyl (C=O) groups is 1. The van der Waals surface area contributed by atoms with E-state index in [1.165, 1.54) is 13.3 Å². The lowest BCUT2D eigenvalue weighted by Gasteiger charge is -2.15. The number of aromatic nitrogens is 3. The van der Waals surface area contributed by atoms with Crippen LogP contribution in [0.1, 0.15) is 18.4 Å². The van der Waals surface area contributed by atoms with E-state index in [2.05, 4.69) is 51.6 Å². The Hall–Kier alpha value is -2.86. The SMILES string of the molecule is COC(=O)Nc1ccc2c(-c3nc(NC[C@@H]4CCCN4)ncc3C(F)(F)F)c[nH]c2c1Br. The number of rotatable bonds is 5. The molecule has 1 aromatic carbocycles. The molecule has 0 aliphatic carbocycles. The molecule has 0 radical (unpaired) electrons. The van der Waals surface area contributed by atoms with Gasteiger partial charge in [-0.05, 0) is 41.4 Å². The maximum Gasteiger partial charge on any atom is 0.419 e. The average Bonchev–Trinajstić information content (AvgIpc) is 3.43. The fourth-order valence-corrected chi connectivity index (χ4v) is 4.20. The van der Waals surface area contributed by atoms with Crippen LogP contribution in [0.15, 0.2) is 29.0 Å². The van der Waals surface area contributed by atoms with Crippen LogP contribution >= 0.6 is 15.9 Å². The summed E-state index contributed by atoms with van der Waals surface area (Å²) in [7, 11) is 1.23. The summed E-state index contributed by atoms with van der Waals surface area (Å²) >= 11 is 3.38. The van der Waals surface area contributed by atoms with E-state index in [1.807, 2.05) is 0 Å². The van der Waals surface area contributed by atoms with E-state index >= 15 is 0 Å². The minimum Gasteiger partial charge on any atom is -0.453 e. The number of ether oxygens (including phenoxy) is 1. The summed E-state index contributed by atoms with van der Waals surface area (Å²) in [4.78, 5) is 22.6. The maximum absolute atomic E-state index is 13.7. The number of benzene rings is 1.